The molecule has 0 saturated heterocycles. The van der Waals surface area contributed by atoms with Gasteiger partial charge >= 0.3 is 5.97 Å². The third-order valence-corrected chi connectivity index (χ3v) is 3.71. The zero-order valence-electron chi connectivity index (χ0n) is 12.5. The number of carboxylic acid groups (broad SMARTS) is 1. The van der Waals surface area contributed by atoms with Crippen LogP contribution in [0.2, 0.25) is 5.02 Å². The average molecular weight is 319 g/mol. The first kappa shape index (κ1) is 16.4. The summed E-state index contributed by atoms with van der Waals surface area (Å²) in [5, 5.41) is 10.0. The number of halogens is 1. The molecule has 2 rings (SSSR count). The van der Waals surface area contributed by atoms with Gasteiger partial charge in [-0.2, -0.15) is 0 Å². The highest BCUT2D eigenvalue weighted by atomic mass is 35.5. The first-order valence-corrected chi connectivity index (χ1v) is 7.62. The first-order chi connectivity index (χ1) is 10.6. The fraction of sp³-hybridized carbons (Fsp3) is 0.278. The molecule has 1 atom stereocenters. The lowest BCUT2D eigenvalue weighted by atomic mass is 9.94. The highest BCUT2D eigenvalue weighted by molar-refractivity contribution is 6.30. The molecule has 22 heavy (non-hydrogen) atoms. The van der Waals surface area contributed by atoms with Crippen molar-refractivity contribution in [2.24, 2.45) is 0 Å². The van der Waals surface area contributed by atoms with Gasteiger partial charge < -0.3 is 9.84 Å². The lowest BCUT2D eigenvalue weighted by molar-refractivity contribution is -0.139. The van der Waals surface area contributed by atoms with E-state index in [1.165, 1.54) is 0 Å². The van der Waals surface area contributed by atoms with E-state index in [1.807, 2.05) is 43.3 Å². The van der Waals surface area contributed by atoms with Crippen molar-refractivity contribution in [3.05, 3.63) is 64.7 Å². The second kappa shape index (κ2) is 7.85. The van der Waals surface area contributed by atoms with Crippen LogP contribution in [-0.2, 0) is 4.79 Å². The summed E-state index contributed by atoms with van der Waals surface area (Å²) >= 11 is 5.88. The predicted molar refractivity (Wildman–Crippen MR) is 87.7 cm³/mol. The monoisotopic (exact) mass is 318 g/mol. The molecule has 0 aliphatic rings. The van der Waals surface area contributed by atoms with Crippen LogP contribution in [-0.4, -0.2) is 17.7 Å². The Kier molecular flexibility index (Phi) is 5.84. The van der Waals surface area contributed by atoms with Gasteiger partial charge in [0.25, 0.3) is 0 Å². The van der Waals surface area contributed by atoms with E-state index >= 15 is 0 Å². The molecule has 0 heterocycles. The van der Waals surface area contributed by atoms with Crippen LogP contribution in [0.3, 0.4) is 0 Å². The molecule has 2 aromatic rings. The summed E-state index contributed by atoms with van der Waals surface area (Å²) < 4.78 is 5.59. The van der Waals surface area contributed by atoms with Crippen LogP contribution in [0.1, 0.15) is 29.9 Å². The number of carbonyl (C=O) groups is 1. The van der Waals surface area contributed by atoms with E-state index in [-0.39, 0.29) is 0 Å². The molecular weight excluding hydrogens is 300 g/mol. The maximum atomic E-state index is 11.4. The van der Waals surface area contributed by atoms with Crippen LogP contribution in [0.15, 0.2) is 48.5 Å². The molecule has 0 aliphatic carbocycles. The summed E-state index contributed by atoms with van der Waals surface area (Å²) in [4.78, 5) is 11.4. The molecule has 0 bridgehead atoms. The number of hydrogen-bond donors (Lipinski definition) is 1. The Hall–Kier alpha value is -2.00. The Morgan fingerprint density at radius 2 is 1.95 bits per heavy atom. The Morgan fingerprint density at radius 3 is 2.59 bits per heavy atom. The molecule has 0 radical (unpaired) electrons. The summed E-state index contributed by atoms with van der Waals surface area (Å²) in [6.45, 7) is 2.45. The minimum absolute atomic E-state index is 0.468. The molecular formula is C18H19ClO3. The maximum absolute atomic E-state index is 11.4. The van der Waals surface area contributed by atoms with E-state index in [4.69, 9.17) is 16.3 Å². The van der Waals surface area contributed by atoms with E-state index in [2.05, 4.69) is 0 Å². The fourth-order valence-corrected chi connectivity index (χ4v) is 2.45. The van der Waals surface area contributed by atoms with Gasteiger partial charge in [0.15, 0.2) is 0 Å². The largest absolute Gasteiger partial charge is 0.494 e. The molecule has 1 N–H and O–H groups in total. The average Bonchev–Trinajstić information content (AvgIpc) is 2.48. The van der Waals surface area contributed by atoms with Crippen molar-refractivity contribution < 1.29 is 14.6 Å². The number of ether oxygens (including phenoxy) is 1. The van der Waals surface area contributed by atoms with Crippen LogP contribution in [0.25, 0.3) is 0 Å². The van der Waals surface area contributed by atoms with Gasteiger partial charge in [-0.15, -0.1) is 0 Å². The highest BCUT2D eigenvalue weighted by Gasteiger charge is 2.19. The molecule has 1 unspecified atom stereocenters. The van der Waals surface area contributed by atoms with Gasteiger partial charge in [-0.05, 0) is 43.5 Å². The molecule has 4 heteroatoms. The van der Waals surface area contributed by atoms with E-state index in [0.717, 1.165) is 11.1 Å². The predicted octanol–water partition coefficient (Wildman–Crippen LogP) is 4.68. The van der Waals surface area contributed by atoms with Crippen molar-refractivity contribution in [1.82, 2.24) is 0 Å². The minimum atomic E-state index is -0.799. The van der Waals surface area contributed by atoms with Gasteiger partial charge in [-0.25, -0.2) is 0 Å². The Bertz CT molecular complexity index is 622. The normalized spacial score (nSPS) is 11.9. The molecule has 0 spiro atoms. The summed E-state index contributed by atoms with van der Waals surface area (Å²) in [5.74, 6) is -0.593. The topological polar surface area (TPSA) is 46.5 Å². The van der Waals surface area contributed by atoms with E-state index in [1.54, 1.807) is 12.1 Å². The number of aliphatic carboxylic acids is 1. The van der Waals surface area contributed by atoms with Crippen molar-refractivity contribution in [1.29, 1.82) is 0 Å². The van der Waals surface area contributed by atoms with Gasteiger partial charge in [0.2, 0.25) is 0 Å². The van der Waals surface area contributed by atoms with Crippen LogP contribution >= 0.6 is 11.6 Å². The minimum Gasteiger partial charge on any atom is -0.494 e. The Morgan fingerprint density at radius 1 is 1.23 bits per heavy atom. The van der Waals surface area contributed by atoms with Gasteiger partial charge in [-0.3, -0.25) is 4.79 Å². The summed E-state index contributed by atoms with van der Waals surface area (Å²) in [7, 11) is 0. The smallest absolute Gasteiger partial charge is 0.310 e. The lowest BCUT2D eigenvalue weighted by Crippen LogP contribution is -2.13. The molecule has 0 aromatic heterocycles. The molecule has 0 amide bonds. The van der Waals surface area contributed by atoms with Crippen molar-refractivity contribution in [3.8, 4) is 5.75 Å². The number of rotatable bonds is 7. The van der Waals surface area contributed by atoms with Gasteiger partial charge in [-0.1, -0.05) is 47.5 Å². The third kappa shape index (κ3) is 4.78. The quantitative estimate of drug-likeness (QED) is 0.754. The first-order valence-electron chi connectivity index (χ1n) is 7.24. The van der Waals surface area contributed by atoms with Crippen molar-refractivity contribution in [3.63, 3.8) is 0 Å². The van der Waals surface area contributed by atoms with E-state index < -0.39 is 11.9 Å². The second-order valence-electron chi connectivity index (χ2n) is 5.25. The van der Waals surface area contributed by atoms with E-state index in [0.29, 0.717) is 30.2 Å². The number of carboxylic acids is 1. The van der Waals surface area contributed by atoms with Crippen molar-refractivity contribution >= 4 is 17.6 Å². The number of hydrogen-bond acceptors (Lipinski definition) is 2. The van der Waals surface area contributed by atoms with Crippen LogP contribution in [0.4, 0.5) is 0 Å². The van der Waals surface area contributed by atoms with Crippen LogP contribution in [0.5, 0.6) is 5.75 Å². The Balaban J connectivity index is 1.87. The van der Waals surface area contributed by atoms with E-state index in [9.17, 15) is 9.90 Å². The van der Waals surface area contributed by atoms with Gasteiger partial charge in [0, 0.05) is 5.02 Å². The molecule has 3 nitrogen and oxygen atoms in total. The summed E-state index contributed by atoms with van der Waals surface area (Å²) in [6.07, 6.45) is 1.20. The molecule has 2 aromatic carbocycles. The summed E-state index contributed by atoms with van der Waals surface area (Å²) in [5.41, 5.74) is 1.96. The Labute approximate surface area is 135 Å². The third-order valence-electron chi connectivity index (χ3n) is 3.48. The standard InChI is InChI=1S/C18H19ClO3/c1-13-7-9-14(10-8-13)17(18(20)21)6-3-11-22-16-5-2-4-15(19)12-16/h2,4-5,7-10,12,17H,3,6,11H2,1H3,(H,20,21). The zero-order chi connectivity index (χ0) is 15.9. The molecule has 116 valence electrons. The number of benzene rings is 2. The van der Waals surface area contributed by atoms with Gasteiger partial charge in [0.05, 0.1) is 12.5 Å². The van der Waals surface area contributed by atoms with Gasteiger partial charge in [0.1, 0.15) is 5.75 Å². The molecule has 0 aliphatic heterocycles. The molecule has 0 fully saturated rings. The van der Waals surface area contributed by atoms with Crippen molar-refractivity contribution in [2.75, 3.05) is 6.61 Å². The lowest BCUT2D eigenvalue weighted by Gasteiger charge is -2.13. The zero-order valence-corrected chi connectivity index (χ0v) is 13.2. The maximum Gasteiger partial charge on any atom is 0.310 e. The van der Waals surface area contributed by atoms with Crippen LogP contribution < -0.4 is 4.74 Å². The van der Waals surface area contributed by atoms with Crippen molar-refractivity contribution in [2.45, 2.75) is 25.7 Å². The highest BCUT2D eigenvalue weighted by Crippen LogP contribution is 2.23. The SMILES string of the molecule is Cc1ccc(C(CCCOc2cccc(Cl)c2)C(=O)O)cc1. The summed E-state index contributed by atoms with van der Waals surface area (Å²) in [6, 6.07) is 14.8. The second-order valence-corrected chi connectivity index (χ2v) is 5.69. The molecule has 0 saturated carbocycles. The van der Waals surface area contributed by atoms with Crippen LogP contribution in [0, 0.1) is 6.92 Å². The fourth-order valence-electron chi connectivity index (χ4n) is 2.27. The number of aryl methyl sites for hydroxylation is 1.